The van der Waals surface area contributed by atoms with Gasteiger partial charge in [-0.1, -0.05) is 37.6 Å². The number of para-hydroxylation sites is 1. The van der Waals surface area contributed by atoms with Crippen LogP contribution in [0, 0.1) is 13.8 Å². The van der Waals surface area contributed by atoms with Crippen LogP contribution in [0.3, 0.4) is 0 Å². The van der Waals surface area contributed by atoms with E-state index in [0.29, 0.717) is 18.1 Å². The number of aryl methyl sites for hydroxylation is 2. The van der Waals surface area contributed by atoms with Crippen LogP contribution in [0.2, 0.25) is 5.02 Å². The topological polar surface area (TPSA) is 67.2 Å². The summed E-state index contributed by atoms with van der Waals surface area (Å²) in [4.78, 5) is 28.5. The fourth-order valence-corrected chi connectivity index (χ4v) is 5.59. The number of halogens is 1. The molecule has 1 amide bonds. The van der Waals surface area contributed by atoms with E-state index in [2.05, 4.69) is 28.8 Å². The monoisotopic (exact) mass is 494 g/mol. The van der Waals surface area contributed by atoms with Crippen molar-refractivity contribution in [2.75, 3.05) is 31.1 Å². The molecule has 0 radical (unpaired) electrons. The molecule has 176 valence electrons. The Balaban J connectivity index is 1.35. The third-order valence-electron chi connectivity index (χ3n) is 6.10. The predicted octanol–water partition coefficient (Wildman–Crippen LogP) is 5.23. The molecule has 1 aromatic carbocycles. The van der Waals surface area contributed by atoms with Gasteiger partial charge in [-0.15, -0.1) is 11.3 Å². The number of benzene rings is 1. The molecule has 1 aliphatic heterocycles. The van der Waals surface area contributed by atoms with Crippen LogP contribution in [0.4, 0.5) is 5.82 Å². The smallest absolute Gasteiger partial charge is 0.264 e. The maximum Gasteiger partial charge on any atom is 0.264 e. The summed E-state index contributed by atoms with van der Waals surface area (Å²) in [5.41, 5.74) is 2.67. The highest BCUT2D eigenvalue weighted by molar-refractivity contribution is 7.20. The summed E-state index contributed by atoms with van der Waals surface area (Å²) in [6.45, 7) is 11.0. The molecule has 0 atom stereocenters. The summed E-state index contributed by atoms with van der Waals surface area (Å²) in [6, 6.07) is 11.6. The molecule has 0 aliphatic carbocycles. The minimum Gasteiger partial charge on any atom is -0.353 e. The van der Waals surface area contributed by atoms with Gasteiger partial charge in [0.15, 0.2) is 0 Å². The zero-order valence-corrected chi connectivity index (χ0v) is 21.3. The first-order chi connectivity index (χ1) is 16.3. The SMILES string of the molecule is Cc1cc(N2CCN(C(=O)c3cc4c(C)nn(-c5ccccc5Cl)c4s3)CC2)nc(C(C)C)n1. The molecular formula is C25H27ClN6OS. The number of rotatable bonds is 4. The van der Waals surface area contributed by atoms with Gasteiger partial charge in [0.2, 0.25) is 0 Å². The van der Waals surface area contributed by atoms with Gasteiger partial charge in [0.05, 0.1) is 21.3 Å². The van der Waals surface area contributed by atoms with Crippen molar-refractivity contribution in [3.05, 3.63) is 63.5 Å². The lowest BCUT2D eigenvalue weighted by Gasteiger charge is -2.35. The normalized spacial score (nSPS) is 14.4. The van der Waals surface area contributed by atoms with Gasteiger partial charge < -0.3 is 9.80 Å². The summed E-state index contributed by atoms with van der Waals surface area (Å²) in [5.74, 6) is 2.15. The van der Waals surface area contributed by atoms with Crippen LogP contribution in [-0.2, 0) is 0 Å². The van der Waals surface area contributed by atoms with Crippen LogP contribution in [0.25, 0.3) is 15.9 Å². The van der Waals surface area contributed by atoms with Crippen LogP contribution in [0.1, 0.15) is 46.6 Å². The zero-order valence-electron chi connectivity index (χ0n) is 19.7. The molecule has 7 nitrogen and oxygen atoms in total. The minimum atomic E-state index is 0.0627. The second-order valence-electron chi connectivity index (χ2n) is 8.94. The quantitative estimate of drug-likeness (QED) is 0.388. The third kappa shape index (κ3) is 4.16. The van der Waals surface area contributed by atoms with Gasteiger partial charge in [0.25, 0.3) is 5.91 Å². The Morgan fingerprint density at radius 3 is 2.50 bits per heavy atom. The standard InChI is InChI=1S/C25H27ClN6OS/c1-15(2)23-27-16(3)13-22(28-23)30-9-11-31(12-10-30)24(33)21-14-18-17(4)29-32(25(18)34-21)20-8-6-5-7-19(20)26/h5-8,13-15H,9-12H2,1-4H3. The van der Waals surface area contributed by atoms with Crippen LogP contribution < -0.4 is 4.90 Å². The molecule has 0 spiro atoms. The fraction of sp³-hybridized carbons (Fsp3) is 0.360. The Labute approximate surface area is 208 Å². The third-order valence-corrected chi connectivity index (χ3v) is 7.52. The van der Waals surface area contributed by atoms with E-state index in [4.69, 9.17) is 16.6 Å². The predicted molar refractivity (Wildman–Crippen MR) is 138 cm³/mol. The molecule has 0 N–H and O–H groups in total. The molecule has 0 unspecified atom stereocenters. The van der Waals surface area contributed by atoms with Gasteiger partial charge in [-0.3, -0.25) is 4.79 Å². The fourth-order valence-electron chi connectivity index (χ4n) is 4.23. The van der Waals surface area contributed by atoms with E-state index < -0.39 is 0 Å². The van der Waals surface area contributed by atoms with E-state index in [0.717, 1.165) is 56.9 Å². The van der Waals surface area contributed by atoms with E-state index in [1.54, 1.807) is 0 Å². The molecule has 4 aromatic rings. The number of carbonyl (C=O) groups is 1. The first-order valence-electron chi connectivity index (χ1n) is 11.5. The van der Waals surface area contributed by atoms with Crippen molar-refractivity contribution in [2.45, 2.75) is 33.6 Å². The summed E-state index contributed by atoms with van der Waals surface area (Å²) >= 11 is 7.89. The molecule has 3 aromatic heterocycles. The Bertz CT molecular complexity index is 1370. The number of carbonyl (C=O) groups excluding carboxylic acids is 1. The van der Waals surface area contributed by atoms with Crippen LogP contribution >= 0.6 is 22.9 Å². The summed E-state index contributed by atoms with van der Waals surface area (Å²) in [7, 11) is 0. The lowest BCUT2D eigenvalue weighted by molar-refractivity contribution is 0.0751. The molecule has 0 bridgehead atoms. The number of hydrogen-bond acceptors (Lipinski definition) is 6. The second-order valence-corrected chi connectivity index (χ2v) is 10.4. The van der Waals surface area contributed by atoms with Crippen molar-refractivity contribution in [1.82, 2.24) is 24.6 Å². The lowest BCUT2D eigenvalue weighted by Crippen LogP contribution is -2.49. The average Bonchev–Trinajstić information content (AvgIpc) is 3.39. The molecule has 1 aliphatic rings. The maximum atomic E-state index is 13.4. The van der Waals surface area contributed by atoms with Crippen molar-refractivity contribution in [3.63, 3.8) is 0 Å². The first kappa shape index (κ1) is 22.8. The van der Waals surface area contributed by atoms with Crippen molar-refractivity contribution < 1.29 is 4.79 Å². The number of nitrogens with zero attached hydrogens (tertiary/aromatic N) is 6. The van der Waals surface area contributed by atoms with Crippen molar-refractivity contribution in [1.29, 1.82) is 0 Å². The van der Waals surface area contributed by atoms with Crippen molar-refractivity contribution in [3.8, 4) is 5.69 Å². The van der Waals surface area contributed by atoms with Gasteiger partial charge in [-0.25, -0.2) is 14.6 Å². The largest absolute Gasteiger partial charge is 0.353 e. The number of fused-ring (bicyclic) bond motifs is 1. The Morgan fingerprint density at radius 2 is 1.79 bits per heavy atom. The van der Waals surface area contributed by atoms with Crippen molar-refractivity contribution >= 4 is 44.9 Å². The minimum absolute atomic E-state index is 0.0627. The van der Waals surface area contributed by atoms with Crippen LogP contribution in [0.15, 0.2) is 36.4 Å². The average molecular weight is 495 g/mol. The first-order valence-corrected chi connectivity index (χ1v) is 12.6. The second kappa shape index (κ2) is 9.00. The summed E-state index contributed by atoms with van der Waals surface area (Å²) in [6.07, 6.45) is 0. The van der Waals surface area contributed by atoms with Crippen LogP contribution in [0.5, 0.6) is 0 Å². The molecule has 9 heteroatoms. The molecule has 5 rings (SSSR count). The summed E-state index contributed by atoms with van der Waals surface area (Å²) in [5, 5.41) is 6.28. The Morgan fingerprint density at radius 1 is 1.06 bits per heavy atom. The molecule has 1 fully saturated rings. The highest BCUT2D eigenvalue weighted by Crippen LogP contribution is 2.33. The summed E-state index contributed by atoms with van der Waals surface area (Å²) < 4.78 is 1.84. The Hall–Kier alpha value is -2.97. The van der Waals surface area contributed by atoms with E-state index in [1.165, 1.54) is 11.3 Å². The number of anilines is 1. The number of amides is 1. The number of piperazine rings is 1. The zero-order chi connectivity index (χ0) is 24.0. The highest BCUT2D eigenvalue weighted by Gasteiger charge is 2.26. The Kier molecular flexibility index (Phi) is 6.04. The molecule has 4 heterocycles. The number of thiophene rings is 1. The van der Waals surface area contributed by atoms with E-state index >= 15 is 0 Å². The lowest BCUT2D eigenvalue weighted by atomic mass is 10.2. The van der Waals surface area contributed by atoms with Gasteiger partial charge in [-0.05, 0) is 32.0 Å². The van der Waals surface area contributed by atoms with Crippen molar-refractivity contribution in [2.24, 2.45) is 0 Å². The van der Waals surface area contributed by atoms with E-state index in [9.17, 15) is 4.79 Å². The van der Waals surface area contributed by atoms with Gasteiger partial charge in [0, 0.05) is 49.2 Å². The highest BCUT2D eigenvalue weighted by atomic mass is 35.5. The molecule has 1 saturated heterocycles. The van der Waals surface area contributed by atoms with E-state index in [-0.39, 0.29) is 11.8 Å². The number of aromatic nitrogens is 4. The van der Waals surface area contributed by atoms with E-state index in [1.807, 2.05) is 59.8 Å². The number of hydrogen-bond donors (Lipinski definition) is 0. The molecular weight excluding hydrogens is 468 g/mol. The van der Waals surface area contributed by atoms with Gasteiger partial charge in [-0.2, -0.15) is 5.10 Å². The van der Waals surface area contributed by atoms with Crippen LogP contribution in [-0.4, -0.2) is 56.7 Å². The van der Waals surface area contributed by atoms with Gasteiger partial charge in [0.1, 0.15) is 16.5 Å². The van der Waals surface area contributed by atoms with Gasteiger partial charge >= 0.3 is 0 Å². The molecule has 34 heavy (non-hydrogen) atoms. The maximum absolute atomic E-state index is 13.4. The molecule has 0 saturated carbocycles.